The van der Waals surface area contributed by atoms with Gasteiger partial charge in [0.25, 0.3) is 7.82 Å². The van der Waals surface area contributed by atoms with Crippen LogP contribution >= 0.6 is 7.82 Å². The van der Waals surface area contributed by atoms with Crippen LogP contribution in [0.5, 0.6) is 0 Å². The van der Waals surface area contributed by atoms with Crippen molar-refractivity contribution in [3.05, 3.63) is 71.3 Å². The number of likely N-dealkylation sites (N-methyl/N-ethyl adjacent to an activating group) is 1. The lowest BCUT2D eigenvalue weighted by Crippen LogP contribution is -2.37. The molecule has 0 amide bonds. The number of furan rings is 1. The minimum absolute atomic E-state index is 0.0559. The standard InChI is InChI=1S/C48H82NO10P/c1-8-10-26-32-43(50)33-27-22-18-14-12-11-13-15-20-24-29-35-47(51)55-39-44(40-57-60(53,54)56-38-37-49(5,6)7)58-48(52)36-30-25-21-17-16-19-23-28-34-46-42(4)41(3)45(59-46)31-9-2/h11-12,15,18,20,22,27,33,43-44,50H,8-10,13-14,16-17,19,21,23-26,28-32,34-40H2,1-7H3/b12-11-,20-15-,22-18-,33-27+/t43-,44-/m1/s1. The van der Waals surface area contributed by atoms with Gasteiger partial charge in [0, 0.05) is 25.7 Å². The Bertz CT molecular complexity index is 1460. The number of allylic oxidation sites excluding steroid dienone is 7. The van der Waals surface area contributed by atoms with E-state index < -0.39 is 32.5 Å². The van der Waals surface area contributed by atoms with Crippen molar-refractivity contribution in [2.75, 3.05) is 47.5 Å². The first-order valence-corrected chi connectivity index (χ1v) is 24.3. The van der Waals surface area contributed by atoms with E-state index in [1.165, 1.54) is 24.0 Å². The Hall–Kier alpha value is -2.79. The third kappa shape index (κ3) is 30.3. The Morgan fingerprint density at radius 3 is 2.02 bits per heavy atom. The molecule has 1 aromatic rings. The number of unbranched alkanes of at least 4 members (excludes halogenated alkanes) is 10. The smallest absolute Gasteiger partial charge is 0.306 e. The molecule has 12 heteroatoms. The van der Waals surface area contributed by atoms with Gasteiger partial charge >= 0.3 is 11.9 Å². The first kappa shape index (κ1) is 55.2. The fourth-order valence-corrected chi connectivity index (χ4v) is 7.00. The number of carbonyl (C=O) groups is 2. The van der Waals surface area contributed by atoms with Crippen LogP contribution < -0.4 is 4.89 Å². The number of nitrogens with zero attached hydrogens (tertiary/aromatic N) is 1. The average molecular weight is 864 g/mol. The summed E-state index contributed by atoms with van der Waals surface area (Å²) in [6, 6.07) is 0. The highest BCUT2D eigenvalue weighted by Crippen LogP contribution is 2.38. The molecule has 0 saturated carbocycles. The number of carbonyl (C=O) groups excluding carboxylic acids is 2. The second kappa shape index (κ2) is 33.8. The zero-order valence-corrected chi connectivity index (χ0v) is 39.4. The number of aliphatic hydroxyl groups excluding tert-OH is 1. The summed E-state index contributed by atoms with van der Waals surface area (Å²) in [6.45, 7) is 8.22. The summed E-state index contributed by atoms with van der Waals surface area (Å²) in [5.74, 6) is 1.32. The fraction of sp³-hybridized carbons (Fsp3) is 0.708. The van der Waals surface area contributed by atoms with Crippen LogP contribution in [0.3, 0.4) is 0 Å². The van der Waals surface area contributed by atoms with E-state index in [0.717, 1.165) is 101 Å². The van der Waals surface area contributed by atoms with Crippen molar-refractivity contribution in [1.29, 1.82) is 0 Å². The first-order valence-electron chi connectivity index (χ1n) is 22.8. The van der Waals surface area contributed by atoms with Crippen molar-refractivity contribution < 1.29 is 51.6 Å². The van der Waals surface area contributed by atoms with Gasteiger partial charge in [-0.05, 0) is 76.3 Å². The Kier molecular flexibility index (Phi) is 31.1. The number of esters is 2. The molecule has 11 nitrogen and oxygen atoms in total. The maximum Gasteiger partial charge on any atom is 0.306 e. The van der Waals surface area contributed by atoms with Gasteiger partial charge in [0.2, 0.25) is 0 Å². The van der Waals surface area contributed by atoms with Crippen molar-refractivity contribution in [3.8, 4) is 0 Å². The molecule has 3 atom stereocenters. The molecular weight excluding hydrogens is 781 g/mol. The average Bonchev–Trinajstić information content (AvgIpc) is 3.45. The zero-order chi connectivity index (χ0) is 44.5. The third-order valence-corrected chi connectivity index (χ3v) is 11.1. The molecule has 1 N–H and O–H groups in total. The molecule has 0 spiro atoms. The molecule has 0 fully saturated rings. The molecule has 1 heterocycles. The van der Waals surface area contributed by atoms with Crippen molar-refractivity contribution in [2.24, 2.45) is 0 Å². The van der Waals surface area contributed by atoms with Gasteiger partial charge in [-0.1, -0.05) is 120 Å². The summed E-state index contributed by atoms with van der Waals surface area (Å²) in [5.41, 5.74) is 2.61. The van der Waals surface area contributed by atoms with Gasteiger partial charge < -0.3 is 37.4 Å². The highest BCUT2D eigenvalue weighted by Gasteiger charge is 2.22. The predicted octanol–water partition coefficient (Wildman–Crippen LogP) is 10.7. The summed E-state index contributed by atoms with van der Waals surface area (Å²) in [6.07, 6.45) is 33.2. The second-order valence-corrected chi connectivity index (χ2v) is 18.3. The number of quaternary nitrogens is 1. The number of phosphoric ester groups is 1. The van der Waals surface area contributed by atoms with Crippen molar-refractivity contribution >= 4 is 19.8 Å². The van der Waals surface area contributed by atoms with Crippen LogP contribution in [0.1, 0.15) is 158 Å². The molecule has 0 bridgehead atoms. The molecule has 0 saturated heterocycles. The SMILES string of the molecule is CCCCC[C@@H](O)/C=C/C=C\C/C=C\C/C=C\CCCC(=O)OC[C@H](COP(=O)([O-])OCC[N+](C)(C)C)OC(=O)CCCCCCCCCCc1oc(CCC)c(C)c1C. The molecule has 0 aromatic carbocycles. The monoisotopic (exact) mass is 864 g/mol. The zero-order valence-electron chi connectivity index (χ0n) is 38.5. The molecule has 1 rings (SSSR count). The number of rotatable bonds is 37. The molecule has 0 aliphatic rings. The molecule has 60 heavy (non-hydrogen) atoms. The summed E-state index contributed by atoms with van der Waals surface area (Å²) in [7, 11) is 1.08. The maximum absolute atomic E-state index is 12.7. The number of hydrogen-bond donors (Lipinski definition) is 1. The summed E-state index contributed by atoms with van der Waals surface area (Å²) in [5, 5.41) is 9.91. The van der Waals surface area contributed by atoms with Crippen LogP contribution in [0.4, 0.5) is 0 Å². The molecule has 0 aliphatic carbocycles. The van der Waals surface area contributed by atoms with Crippen LogP contribution in [0, 0.1) is 13.8 Å². The topological polar surface area (TPSA) is 145 Å². The molecular formula is C48H82NO10P. The van der Waals surface area contributed by atoms with Crippen LogP contribution in [-0.4, -0.2) is 81.2 Å². The lowest BCUT2D eigenvalue weighted by Gasteiger charge is -2.28. The third-order valence-electron chi connectivity index (χ3n) is 10.1. The Morgan fingerprint density at radius 1 is 0.733 bits per heavy atom. The number of phosphoric acid groups is 1. The highest BCUT2D eigenvalue weighted by atomic mass is 31.2. The van der Waals surface area contributed by atoms with Gasteiger partial charge in [0.15, 0.2) is 6.10 Å². The summed E-state index contributed by atoms with van der Waals surface area (Å²) in [4.78, 5) is 37.6. The maximum atomic E-state index is 12.7. The van der Waals surface area contributed by atoms with Crippen molar-refractivity contribution in [3.63, 3.8) is 0 Å². The lowest BCUT2D eigenvalue weighted by molar-refractivity contribution is -0.870. The molecule has 1 unspecified atom stereocenters. The van der Waals surface area contributed by atoms with E-state index >= 15 is 0 Å². The quantitative estimate of drug-likeness (QED) is 0.0171. The number of aliphatic hydroxyl groups is 1. The first-order chi connectivity index (χ1) is 28.7. The number of hydrogen-bond acceptors (Lipinski definition) is 10. The normalized spacial score (nSPS) is 14.5. The minimum Gasteiger partial charge on any atom is -0.756 e. The van der Waals surface area contributed by atoms with Crippen LogP contribution in [0.2, 0.25) is 0 Å². The number of aryl methyl sites for hydroxylation is 2. The van der Waals surface area contributed by atoms with E-state index in [1.807, 2.05) is 57.6 Å². The second-order valence-electron chi connectivity index (χ2n) is 16.8. The molecule has 344 valence electrons. The Labute approximate surface area is 363 Å². The summed E-state index contributed by atoms with van der Waals surface area (Å²) >= 11 is 0. The minimum atomic E-state index is -4.66. The van der Waals surface area contributed by atoms with E-state index in [2.05, 4.69) is 39.8 Å². The van der Waals surface area contributed by atoms with E-state index in [0.29, 0.717) is 30.3 Å². The van der Waals surface area contributed by atoms with Crippen LogP contribution in [0.15, 0.2) is 53.0 Å². The molecule has 0 radical (unpaired) electrons. The van der Waals surface area contributed by atoms with Gasteiger partial charge in [-0.2, -0.15) is 0 Å². The molecule has 0 aliphatic heterocycles. The van der Waals surface area contributed by atoms with Crippen LogP contribution in [-0.2, 0) is 45.5 Å². The summed E-state index contributed by atoms with van der Waals surface area (Å²) < 4.78 is 40.0. The Balaban J connectivity index is 2.39. The van der Waals surface area contributed by atoms with E-state index in [9.17, 15) is 24.2 Å². The lowest BCUT2D eigenvalue weighted by atomic mass is 10.0. The van der Waals surface area contributed by atoms with Gasteiger partial charge in [0.1, 0.15) is 31.3 Å². The van der Waals surface area contributed by atoms with E-state index in [1.54, 1.807) is 0 Å². The Morgan fingerprint density at radius 2 is 1.35 bits per heavy atom. The van der Waals surface area contributed by atoms with Gasteiger partial charge in [0.05, 0.1) is 33.9 Å². The van der Waals surface area contributed by atoms with Crippen molar-refractivity contribution in [1.82, 2.24) is 0 Å². The van der Waals surface area contributed by atoms with Gasteiger partial charge in [-0.3, -0.25) is 14.2 Å². The number of ether oxygens (including phenoxy) is 2. The van der Waals surface area contributed by atoms with E-state index in [4.69, 9.17) is 22.9 Å². The van der Waals surface area contributed by atoms with Gasteiger partial charge in [-0.25, -0.2) is 0 Å². The fourth-order valence-electron chi connectivity index (χ4n) is 6.27. The van der Waals surface area contributed by atoms with E-state index in [-0.39, 0.29) is 32.2 Å². The van der Waals surface area contributed by atoms with Gasteiger partial charge in [-0.15, -0.1) is 0 Å². The predicted molar refractivity (Wildman–Crippen MR) is 240 cm³/mol. The molecule has 1 aromatic heterocycles. The highest BCUT2D eigenvalue weighted by molar-refractivity contribution is 7.45. The largest absolute Gasteiger partial charge is 0.756 e. The van der Waals surface area contributed by atoms with Crippen LogP contribution in [0.25, 0.3) is 0 Å². The van der Waals surface area contributed by atoms with Crippen molar-refractivity contribution in [2.45, 2.75) is 175 Å².